The SMILES string of the molecule is CCc1nc(Cc2ccc(OC)cc2)nc(N)c1C. The Balaban J connectivity index is 2.25. The van der Waals surface area contributed by atoms with Crippen LogP contribution < -0.4 is 10.5 Å². The minimum atomic E-state index is 0.579. The Morgan fingerprint density at radius 3 is 2.42 bits per heavy atom. The van der Waals surface area contributed by atoms with E-state index in [2.05, 4.69) is 16.9 Å². The van der Waals surface area contributed by atoms with Crippen molar-refractivity contribution in [3.05, 3.63) is 46.9 Å². The highest BCUT2D eigenvalue weighted by molar-refractivity contribution is 5.41. The van der Waals surface area contributed by atoms with E-state index in [1.165, 1.54) is 0 Å². The second-order valence-corrected chi connectivity index (χ2v) is 4.48. The van der Waals surface area contributed by atoms with Crippen molar-refractivity contribution >= 4 is 5.82 Å². The van der Waals surface area contributed by atoms with Crippen molar-refractivity contribution in [3.8, 4) is 5.75 Å². The van der Waals surface area contributed by atoms with Crippen LogP contribution in [0.4, 0.5) is 5.82 Å². The standard InChI is InChI=1S/C15H19N3O/c1-4-13-10(2)15(16)18-14(17-13)9-11-5-7-12(19-3)8-6-11/h5-8H,4,9H2,1-3H3,(H2,16,17,18). The fourth-order valence-corrected chi connectivity index (χ4v) is 1.98. The highest BCUT2D eigenvalue weighted by Gasteiger charge is 2.08. The molecule has 2 aromatic rings. The molecule has 1 aromatic carbocycles. The maximum Gasteiger partial charge on any atom is 0.135 e. The number of ether oxygens (including phenoxy) is 1. The maximum atomic E-state index is 5.93. The number of nitrogens with two attached hydrogens (primary N) is 1. The summed E-state index contributed by atoms with van der Waals surface area (Å²) in [4.78, 5) is 8.92. The van der Waals surface area contributed by atoms with Gasteiger partial charge in [0.2, 0.25) is 0 Å². The molecule has 4 nitrogen and oxygen atoms in total. The van der Waals surface area contributed by atoms with Crippen molar-refractivity contribution in [1.29, 1.82) is 0 Å². The lowest BCUT2D eigenvalue weighted by atomic mass is 10.1. The lowest BCUT2D eigenvalue weighted by Gasteiger charge is -2.09. The molecule has 0 aliphatic carbocycles. The van der Waals surface area contributed by atoms with Crippen LogP contribution in [0.3, 0.4) is 0 Å². The molecule has 1 heterocycles. The van der Waals surface area contributed by atoms with Gasteiger partial charge < -0.3 is 10.5 Å². The van der Waals surface area contributed by atoms with E-state index in [-0.39, 0.29) is 0 Å². The van der Waals surface area contributed by atoms with E-state index in [4.69, 9.17) is 10.5 Å². The molecule has 19 heavy (non-hydrogen) atoms. The summed E-state index contributed by atoms with van der Waals surface area (Å²) in [7, 11) is 1.66. The number of aryl methyl sites for hydroxylation is 1. The van der Waals surface area contributed by atoms with Gasteiger partial charge in [0.1, 0.15) is 17.4 Å². The third-order valence-corrected chi connectivity index (χ3v) is 3.19. The van der Waals surface area contributed by atoms with Gasteiger partial charge in [-0.3, -0.25) is 0 Å². The van der Waals surface area contributed by atoms with Crippen molar-refractivity contribution < 1.29 is 4.74 Å². The molecular formula is C15H19N3O. The van der Waals surface area contributed by atoms with Gasteiger partial charge in [0.15, 0.2) is 0 Å². The molecule has 100 valence electrons. The van der Waals surface area contributed by atoms with Crippen LogP contribution in [0.1, 0.15) is 29.6 Å². The van der Waals surface area contributed by atoms with Crippen LogP contribution in [0, 0.1) is 6.92 Å². The van der Waals surface area contributed by atoms with Crippen molar-refractivity contribution in [2.75, 3.05) is 12.8 Å². The largest absolute Gasteiger partial charge is 0.497 e. The topological polar surface area (TPSA) is 61.0 Å². The zero-order valence-corrected chi connectivity index (χ0v) is 11.6. The van der Waals surface area contributed by atoms with Crippen LogP contribution in [0.2, 0.25) is 0 Å². The van der Waals surface area contributed by atoms with Crippen LogP contribution >= 0.6 is 0 Å². The number of rotatable bonds is 4. The first-order valence-corrected chi connectivity index (χ1v) is 6.38. The number of nitrogens with zero attached hydrogens (tertiary/aromatic N) is 2. The van der Waals surface area contributed by atoms with Crippen LogP contribution in [-0.4, -0.2) is 17.1 Å². The Kier molecular flexibility index (Phi) is 4.00. The van der Waals surface area contributed by atoms with E-state index in [9.17, 15) is 0 Å². The number of aromatic nitrogens is 2. The molecule has 4 heteroatoms. The van der Waals surface area contributed by atoms with Gasteiger partial charge in [0.25, 0.3) is 0 Å². The average molecular weight is 257 g/mol. The summed E-state index contributed by atoms with van der Waals surface area (Å²) in [5.74, 6) is 2.20. The fourth-order valence-electron chi connectivity index (χ4n) is 1.98. The molecule has 0 bridgehead atoms. The van der Waals surface area contributed by atoms with Gasteiger partial charge in [0, 0.05) is 17.7 Å². The minimum Gasteiger partial charge on any atom is -0.497 e. The molecular weight excluding hydrogens is 238 g/mol. The molecule has 2 N–H and O–H groups in total. The van der Waals surface area contributed by atoms with Crippen LogP contribution in [-0.2, 0) is 12.8 Å². The molecule has 0 spiro atoms. The number of anilines is 1. The number of benzene rings is 1. The maximum absolute atomic E-state index is 5.93. The van der Waals surface area contributed by atoms with E-state index < -0.39 is 0 Å². The van der Waals surface area contributed by atoms with Gasteiger partial charge in [-0.1, -0.05) is 19.1 Å². The Labute approximate surface area is 113 Å². The number of hydrogen-bond donors (Lipinski definition) is 1. The van der Waals surface area contributed by atoms with Crippen LogP contribution in [0.15, 0.2) is 24.3 Å². The predicted molar refractivity (Wildman–Crippen MR) is 76.4 cm³/mol. The van der Waals surface area contributed by atoms with E-state index >= 15 is 0 Å². The molecule has 0 aliphatic heterocycles. The Morgan fingerprint density at radius 2 is 1.84 bits per heavy atom. The summed E-state index contributed by atoms with van der Waals surface area (Å²) >= 11 is 0. The monoisotopic (exact) mass is 257 g/mol. The summed E-state index contributed by atoms with van der Waals surface area (Å²) in [5, 5.41) is 0. The van der Waals surface area contributed by atoms with E-state index in [0.717, 1.165) is 34.8 Å². The number of methoxy groups -OCH3 is 1. The summed E-state index contributed by atoms with van der Waals surface area (Å²) in [6.45, 7) is 4.04. The smallest absolute Gasteiger partial charge is 0.135 e. The Hall–Kier alpha value is -2.10. The zero-order chi connectivity index (χ0) is 13.8. The number of nitrogen functional groups attached to an aromatic ring is 1. The molecule has 0 unspecified atom stereocenters. The molecule has 0 atom stereocenters. The first-order chi connectivity index (χ1) is 9.13. The van der Waals surface area contributed by atoms with Crippen molar-refractivity contribution in [2.45, 2.75) is 26.7 Å². The quantitative estimate of drug-likeness (QED) is 0.914. The summed E-state index contributed by atoms with van der Waals surface area (Å²) < 4.78 is 5.14. The summed E-state index contributed by atoms with van der Waals surface area (Å²) in [5.41, 5.74) is 9.08. The molecule has 1 aromatic heterocycles. The highest BCUT2D eigenvalue weighted by atomic mass is 16.5. The Bertz CT molecular complexity index is 564. The van der Waals surface area contributed by atoms with Gasteiger partial charge in [-0.2, -0.15) is 0 Å². The molecule has 0 amide bonds. The van der Waals surface area contributed by atoms with Gasteiger partial charge in [-0.05, 0) is 31.0 Å². The third kappa shape index (κ3) is 3.02. The average Bonchev–Trinajstić information content (AvgIpc) is 2.43. The van der Waals surface area contributed by atoms with E-state index in [1.54, 1.807) is 7.11 Å². The first kappa shape index (κ1) is 13.3. The van der Waals surface area contributed by atoms with Gasteiger partial charge in [0.05, 0.1) is 7.11 Å². The molecule has 2 rings (SSSR count). The Morgan fingerprint density at radius 1 is 1.16 bits per heavy atom. The molecule has 0 aliphatic rings. The number of hydrogen-bond acceptors (Lipinski definition) is 4. The molecule has 0 saturated heterocycles. The second kappa shape index (κ2) is 5.69. The zero-order valence-electron chi connectivity index (χ0n) is 11.6. The van der Waals surface area contributed by atoms with Crippen molar-refractivity contribution in [3.63, 3.8) is 0 Å². The molecule has 0 fully saturated rings. The first-order valence-electron chi connectivity index (χ1n) is 6.38. The lowest BCUT2D eigenvalue weighted by molar-refractivity contribution is 0.414. The molecule has 0 radical (unpaired) electrons. The van der Waals surface area contributed by atoms with Crippen LogP contribution in [0.5, 0.6) is 5.75 Å². The van der Waals surface area contributed by atoms with E-state index in [0.29, 0.717) is 12.2 Å². The lowest BCUT2D eigenvalue weighted by Crippen LogP contribution is -2.07. The normalized spacial score (nSPS) is 10.5. The van der Waals surface area contributed by atoms with Crippen molar-refractivity contribution in [1.82, 2.24) is 9.97 Å². The van der Waals surface area contributed by atoms with E-state index in [1.807, 2.05) is 31.2 Å². The summed E-state index contributed by atoms with van der Waals surface area (Å²) in [6.07, 6.45) is 1.55. The predicted octanol–water partition coefficient (Wildman–Crippen LogP) is 2.53. The minimum absolute atomic E-state index is 0.579. The third-order valence-electron chi connectivity index (χ3n) is 3.19. The highest BCUT2D eigenvalue weighted by Crippen LogP contribution is 2.17. The summed E-state index contributed by atoms with van der Waals surface area (Å²) in [6, 6.07) is 7.91. The second-order valence-electron chi connectivity index (χ2n) is 4.48. The van der Waals surface area contributed by atoms with Crippen LogP contribution in [0.25, 0.3) is 0 Å². The van der Waals surface area contributed by atoms with Crippen molar-refractivity contribution in [2.24, 2.45) is 0 Å². The van der Waals surface area contributed by atoms with Gasteiger partial charge >= 0.3 is 0 Å². The van der Waals surface area contributed by atoms with Gasteiger partial charge in [-0.25, -0.2) is 9.97 Å². The van der Waals surface area contributed by atoms with Gasteiger partial charge in [-0.15, -0.1) is 0 Å². The molecule has 0 saturated carbocycles. The fraction of sp³-hybridized carbons (Fsp3) is 0.333.